The maximum Gasteiger partial charge on any atom is 0.254 e. The first-order valence-electron chi connectivity index (χ1n) is 7.47. The lowest BCUT2D eigenvalue weighted by atomic mass is 10.1. The molecule has 1 aromatic rings. The second-order valence-corrected chi connectivity index (χ2v) is 6.40. The Balaban J connectivity index is 2.23. The van der Waals surface area contributed by atoms with Crippen LogP contribution >= 0.6 is 11.6 Å². The molecule has 1 saturated heterocycles. The molecule has 1 amide bonds. The Morgan fingerprint density at radius 1 is 1.50 bits per heavy atom. The smallest absolute Gasteiger partial charge is 0.254 e. The zero-order valence-electron chi connectivity index (χ0n) is 13.3. The first-order valence-corrected chi connectivity index (χ1v) is 7.85. The van der Waals surface area contributed by atoms with Crippen LogP contribution in [-0.4, -0.2) is 43.7 Å². The van der Waals surface area contributed by atoms with Gasteiger partial charge >= 0.3 is 0 Å². The third-order valence-electron chi connectivity index (χ3n) is 3.55. The molecule has 2 N–H and O–H groups in total. The summed E-state index contributed by atoms with van der Waals surface area (Å²) in [6.45, 7) is 5.88. The number of nitrogens with zero attached hydrogens (tertiary/aromatic N) is 1. The zero-order chi connectivity index (χ0) is 16.3. The van der Waals surface area contributed by atoms with Crippen molar-refractivity contribution in [2.45, 2.75) is 26.3 Å². The molecule has 6 heteroatoms. The van der Waals surface area contributed by atoms with Crippen LogP contribution in [0.4, 0.5) is 0 Å². The predicted octanol–water partition coefficient (Wildman–Crippen LogP) is 2.56. The van der Waals surface area contributed by atoms with Crippen LogP contribution in [0.5, 0.6) is 11.5 Å². The largest absolute Gasteiger partial charge is 0.493 e. The van der Waals surface area contributed by atoms with Gasteiger partial charge in [0.25, 0.3) is 5.91 Å². The highest BCUT2D eigenvalue weighted by Gasteiger charge is 2.26. The van der Waals surface area contributed by atoms with Gasteiger partial charge in [-0.05, 0) is 24.5 Å². The van der Waals surface area contributed by atoms with Crippen LogP contribution in [0, 0.1) is 5.92 Å². The van der Waals surface area contributed by atoms with Crippen molar-refractivity contribution in [1.29, 1.82) is 0 Å². The summed E-state index contributed by atoms with van der Waals surface area (Å²) in [5, 5.41) is 0.381. The van der Waals surface area contributed by atoms with Crippen LogP contribution in [0.2, 0.25) is 5.02 Å². The number of hydrogen-bond acceptors (Lipinski definition) is 4. The van der Waals surface area contributed by atoms with E-state index in [0.717, 1.165) is 6.42 Å². The van der Waals surface area contributed by atoms with Crippen molar-refractivity contribution in [3.8, 4) is 11.5 Å². The van der Waals surface area contributed by atoms with E-state index in [-0.39, 0.29) is 11.9 Å². The second-order valence-electron chi connectivity index (χ2n) is 5.99. The van der Waals surface area contributed by atoms with Crippen LogP contribution in [0.1, 0.15) is 30.6 Å². The predicted molar refractivity (Wildman–Crippen MR) is 86.8 cm³/mol. The molecular weight excluding hydrogens is 304 g/mol. The Morgan fingerprint density at radius 3 is 2.77 bits per heavy atom. The highest BCUT2D eigenvalue weighted by atomic mass is 35.5. The number of methoxy groups -OCH3 is 1. The molecular formula is C16H23ClN2O3. The van der Waals surface area contributed by atoms with Crippen molar-refractivity contribution in [3.63, 3.8) is 0 Å². The lowest BCUT2D eigenvalue weighted by Crippen LogP contribution is -2.31. The number of nitrogens with two attached hydrogens (primary N) is 1. The van der Waals surface area contributed by atoms with Crippen molar-refractivity contribution in [2.24, 2.45) is 11.7 Å². The molecule has 5 nitrogen and oxygen atoms in total. The van der Waals surface area contributed by atoms with Gasteiger partial charge in [0.2, 0.25) is 0 Å². The molecule has 0 radical (unpaired) electrons. The summed E-state index contributed by atoms with van der Waals surface area (Å²) < 4.78 is 11.0. The maximum absolute atomic E-state index is 12.5. The number of benzene rings is 1. The number of rotatable bonds is 5. The third kappa shape index (κ3) is 3.84. The highest BCUT2D eigenvalue weighted by Crippen LogP contribution is 2.37. The van der Waals surface area contributed by atoms with E-state index in [1.54, 1.807) is 17.0 Å². The summed E-state index contributed by atoms with van der Waals surface area (Å²) in [5.41, 5.74) is 6.35. The van der Waals surface area contributed by atoms with E-state index in [1.807, 2.05) is 0 Å². The topological polar surface area (TPSA) is 64.8 Å². The van der Waals surface area contributed by atoms with Gasteiger partial charge in [0, 0.05) is 24.7 Å². The minimum atomic E-state index is -0.0800. The number of likely N-dealkylation sites (tertiary alicyclic amines) is 1. The number of amides is 1. The monoisotopic (exact) mass is 326 g/mol. The minimum absolute atomic E-state index is 0.0509. The molecule has 1 aromatic carbocycles. The Hall–Kier alpha value is -1.46. The summed E-state index contributed by atoms with van der Waals surface area (Å²) >= 11 is 6.28. The van der Waals surface area contributed by atoms with Crippen LogP contribution in [0.25, 0.3) is 0 Å². The maximum atomic E-state index is 12.5. The fourth-order valence-electron chi connectivity index (χ4n) is 2.39. The van der Waals surface area contributed by atoms with Crippen molar-refractivity contribution in [1.82, 2.24) is 4.90 Å². The molecule has 0 bridgehead atoms. The summed E-state index contributed by atoms with van der Waals surface area (Å²) in [6, 6.07) is 3.36. The molecule has 0 aromatic heterocycles. The average molecular weight is 327 g/mol. The van der Waals surface area contributed by atoms with Crippen molar-refractivity contribution in [3.05, 3.63) is 22.7 Å². The van der Waals surface area contributed by atoms with E-state index in [9.17, 15) is 4.79 Å². The number of carbonyl (C=O) groups excluding carboxylic acids is 1. The summed E-state index contributed by atoms with van der Waals surface area (Å²) in [6.07, 6.45) is 0.826. The van der Waals surface area contributed by atoms with Gasteiger partial charge in [-0.15, -0.1) is 0 Å². The molecule has 1 atom stereocenters. The quantitative estimate of drug-likeness (QED) is 0.903. The lowest BCUT2D eigenvalue weighted by Gasteiger charge is -2.18. The first kappa shape index (κ1) is 16.9. The van der Waals surface area contributed by atoms with E-state index >= 15 is 0 Å². The van der Waals surface area contributed by atoms with Gasteiger partial charge in [-0.25, -0.2) is 0 Å². The number of ether oxygens (including phenoxy) is 2. The molecule has 1 aliphatic heterocycles. The molecule has 1 heterocycles. The third-order valence-corrected chi connectivity index (χ3v) is 3.83. The van der Waals surface area contributed by atoms with E-state index in [1.165, 1.54) is 7.11 Å². The van der Waals surface area contributed by atoms with Gasteiger partial charge < -0.3 is 20.1 Å². The molecule has 0 saturated carbocycles. The lowest BCUT2D eigenvalue weighted by molar-refractivity contribution is 0.0790. The van der Waals surface area contributed by atoms with Crippen molar-refractivity contribution < 1.29 is 14.3 Å². The molecule has 2 rings (SSSR count). The number of hydrogen-bond donors (Lipinski definition) is 1. The fourth-order valence-corrected chi connectivity index (χ4v) is 2.65. The normalized spacial score (nSPS) is 17.9. The fraction of sp³-hybridized carbons (Fsp3) is 0.562. The van der Waals surface area contributed by atoms with Crippen LogP contribution in [-0.2, 0) is 0 Å². The molecule has 0 spiro atoms. The minimum Gasteiger partial charge on any atom is -0.493 e. The molecule has 1 fully saturated rings. The van der Waals surface area contributed by atoms with Crippen molar-refractivity contribution in [2.75, 3.05) is 26.8 Å². The van der Waals surface area contributed by atoms with E-state index in [0.29, 0.717) is 47.7 Å². The summed E-state index contributed by atoms with van der Waals surface area (Å²) in [5.74, 6) is 1.24. The Morgan fingerprint density at radius 2 is 2.23 bits per heavy atom. The average Bonchev–Trinajstić information content (AvgIpc) is 2.90. The van der Waals surface area contributed by atoms with E-state index in [2.05, 4.69) is 13.8 Å². The first-order chi connectivity index (χ1) is 10.4. The Labute approximate surface area is 136 Å². The Bertz CT molecular complexity index is 548. The van der Waals surface area contributed by atoms with E-state index in [4.69, 9.17) is 26.8 Å². The zero-order valence-corrected chi connectivity index (χ0v) is 14.0. The van der Waals surface area contributed by atoms with Gasteiger partial charge in [-0.2, -0.15) is 0 Å². The van der Waals surface area contributed by atoms with E-state index < -0.39 is 0 Å². The van der Waals surface area contributed by atoms with Gasteiger partial charge in [-0.1, -0.05) is 25.4 Å². The van der Waals surface area contributed by atoms with Crippen LogP contribution in [0.3, 0.4) is 0 Å². The van der Waals surface area contributed by atoms with Crippen molar-refractivity contribution >= 4 is 17.5 Å². The van der Waals surface area contributed by atoms with Gasteiger partial charge in [0.1, 0.15) is 0 Å². The van der Waals surface area contributed by atoms with Gasteiger partial charge in [0.15, 0.2) is 11.5 Å². The summed E-state index contributed by atoms with van der Waals surface area (Å²) in [4.78, 5) is 14.2. The van der Waals surface area contributed by atoms with Crippen LogP contribution < -0.4 is 15.2 Å². The standard InChI is InChI=1S/C16H23ClN2O3/c1-10(2)9-22-15-13(17)6-11(7-14(15)21-3)16(20)19-5-4-12(18)8-19/h6-7,10,12H,4-5,8-9,18H2,1-3H3/t12-/m0/s1. The van der Waals surface area contributed by atoms with Gasteiger partial charge in [-0.3, -0.25) is 4.79 Å². The second kappa shape index (κ2) is 7.20. The molecule has 122 valence electrons. The number of halogens is 1. The molecule has 0 aliphatic carbocycles. The highest BCUT2D eigenvalue weighted by molar-refractivity contribution is 6.32. The Kier molecular flexibility index (Phi) is 5.53. The SMILES string of the molecule is COc1cc(C(=O)N2CC[C@H](N)C2)cc(Cl)c1OCC(C)C. The van der Waals surface area contributed by atoms with Gasteiger partial charge in [0.05, 0.1) is 18.7 Å². The molecule has 1 aliphatic rings. The van der Waals surface area contributed by atoms with Crippen LogP contribution in [0.15, 0.2) is 12.1 Å². The molecule has 0 unspecified atom stereocenters. The number of carbonyl (C=O) groups is 1. The molecule has 22 heavy (non-hydrogen) atoms. The summed E-state index contributed by atoms with van der Waals surface area (Å²) in [7, 11) is 1.54.